The Morgan fingerprint density at radius 2 is 1.81 bits per heavy atom. The molecule has 0 saturated carbocycles. The highest BCUT2D eigenvalue weighted by atomic mass is 19.4. The van der Waals surface area contributed by atoms with Gasteiger partial charge < -0.3 is 9.30 Å². The number of pyridine rings is 1. The lowest BCUT2D eigenvalue weighted by Gasteiger charge is -2.18. The van der Waals surface area contributed by atoms with Gasteiger partial charge >= 0.3 is 6.18 Å². The Morgan fingerprint density at radius 1 is 1.10 bits per heavy atom. The zero-order chi connectivity index (χ0) is 22.6. The van der Waals surface area contributed by atoms with E-state index in [0.717, 1.165) is 10.6 Å². The van der Waals surface area contributed by atoms with Crippen molar-refractivity contribution in [2.24, 2.45) is 0 Å². The molecule has 0 spiro atoms. The van der Waals surface area contributed by atoms with Crippen molar-refractivity contribution in [3.8, 4) is 17.0 Å². The van der Waals surface area contributed by atoms with Crippen molar-refractivity contribution in [1.82, 2.24) is 4.57 Å². The Hall–Kier alpha value is -3.86. The third-order valence-electron chi connectivity index (χ3n) is 4.45. The Bertz CT molecular complexity index is 1210. The van der Waals surface area contributed by atoms with E-state index in [2.05, 4.69) is 4.85 Å². The summed E-state index contributed by atoms with van der Waals surface area (Å²) in [7, 11) is 0. The number of ether oxygens (including phenoxy) is 1. The number of benzene rings is 2. The number of halogens is 3. The Morgan fingerprint density at radius 3 is 2.42 bits per heavy atom. The molecule has 1 aromatic heterocycles. The summed E-state index contributed by atoms with van der Waals surface area (Å²) in [4.78, 5) is 27.0. The van der Waals surface area contributed by atoms with Crippen molar-refractivity contribution in [2.75, 3.05) is 6.61 Å². The van der Waals surface area contributed by atoms with Crippen LogP contribution in [0, 0.1) is 6.57 Å². The van der Waals surface area contributed by atoms with Crippen molar-refractivity contribution in [3.63, 3.8) is 0 Å². The van der Waals surface area contributed by atoms with Gasteiger partial charge in [0.2, 0.25) is 0 Å². The predicted octanol–water partition coefficient (Wildman–Crippen LogP) is 5.10. The molecule has 2 aromatic carbocycles. The molecule has 0 aliphatic heterocycles. The molecule has 0 amide bonds. The zero-order valence-electron chi connectivity index (χ0n) is 16.4. The van der Waals surface area contributed by atoms with Crippen LogP contribution in [0.5, 0.6) is 5.75 Å². The molecule has 0 radical (unpaired) electrons. The number of carbonyl (C=O) groups excluding carboxylic acids is 1. The molecule has 0 aliphatic carbocycles. The molecule has 0 unspecified atom stereocenters. The Labute approximate surface area is 176 Å². The van der Waals surface area contributed by atoms with Gasteiger partial charge in [0.15, 0.2) is 5.78 Å². The highest BCUT2D eigenvalue weighted by Crippen LogP contribution is 2.37. The smallest absolute Gasteiger partial charge is 0.407 e. The fraction of sp³-hybridized carbons (Fsp3) is 0.174. The number of alkyl halides is 3. The number of ketones is 1. The van der Waals surface area contributed by atoms with Crippen LogP contribution >= 0.6 is 0 Å². The number of rotatable bonds is 6. The minimum atomic E-state index is -4.87. The van der Waals surface area contributed by atoms with Gasteiger partial charge in [0.25, 0.3) is 11.2 Å². The van der Waals surface area contributed by atoms with Crippen molar-refractivity contribution in [2.45, 2.75) is 19.6 Å². The highest BCUT2D eigenvalue weighted by Gasteiger charge is 2.36. The molecule has 158 valence electrons. The first-order chi connectivity index (χ1) is 14.7. The molecule has 0 saturated heterocycles. The summed E-state index contributed by atoms with van der Waals surface area (Å²) in [5.41, 5.74) is -2.33. The summed E-state index contributed by atoms with van der Waals surface area (Å²) in [6, 6.07) is 15.7. The standard InChI is InChI=1S/C23H17F3N2O3/c1-15(29)14-31-18-10-6-9-17(11-18)20-12-19(23(24,25)26)21(27-2)22(30)28(20)13-16-7-4-3-5-8-16/h3-12H,13-14H2,1H3. The van der Waals surface area contributed by atoms with Crippen LogP contribution in [0.3, 0.4) is 0 Å². The molecule has 0 bridgehead atoms. The first-order valence-electron chi connectivity index (χ1n) is 9.20. The summed E-state index contributed by atoms with van der Waals surface area (Å²) < 4.78 is 47.3. The second-order valence-electron chi connectivity index (χ2n) is 6.80. The summed E-state index contributed by atoms with van der Waals surface area (Å²) >= 11 is 0. The van der Waals surface area contributed by atoms with Gasteiger partial charge in [-0.1, -0.05) is 42.5 Å². The van der Waals surface area contributed by atoms with Crippen molar-refractivity contribution >= 4 is 11.5 Å². The van der Waals surface area contributed by atoms with Crippen LogP contribution < -0.4 is 10.3 Å². The van der Waals surface area contributed by atoms with Crippen molar-refractivity contribution in [3.05, 3.63) is 93.6 Å². The van der Waals surface area contributed by atoms with Crippen LogP contribution in [0.25, 0.3) is 16.1 Å². The second-order valence-corrected chi connectivity index (χ2v) is 6.80. The van der Waals surface area contributed by atoms with E-state index >= 15 is 0 Å². The molecule has 3 rings (SSSR count). The molecular weight excluding hydrogens is 409 g/mol. The van der Waals surface area contributed by atoms with Crippen LogP contribution in [0.4, 0.5) is 18.9 Å². The number of hydrogen-bond acceptors (Lipinski definition) is 3. The third-order valence-corrected chi connectivity index (χ3v) is 4.45. The topological polar surface area (TPSA) is 52.7 Å². The fourth-order valence-corrected chi connectivity index (χ4v) is 3.05. The van der Waals surface area contributed by atoms with Gasteiger partial charge in [0.05, 0.1) is 12.1 Å². The van der Waals surface area contributed by atoms with Crippen LogP contribution in [0.1, 0.15) is 18.1 Å². The lowest BCUT2D eigenvalue weighted by molar-refractivity contribution is -0.137. The number of carbonyl (C=O) groups is 1. The first kappa shape index (κ1) is 21.8. The summed E-state index contributed by atoms with van der Waals surface area (Å²) in [6.45, 7) is 8.28. The predicted molar refractivity (Wildman–Crippen MR) is 109 cm³/mol. The van der Waals surface area contributed by atoms with Gasteiger partial charge in [0, 0.05) is 17.8 Å². The number of nitrogens with zero attached hydrogens (tertiary/aromatic N) is 2. The van der Waals surface area contributed by atoms with Crippen molar-refractivity contribution < 1.29 is 22.7 Å². The molecule has 0 fully saturated rings. The average molecular weight is 426 g/mol. The van der Waals surface area contributed by atoms with Crippen molar-refractivity contribution in [1.29, 1.82) is 0 Å². The van der Waals surface area contributed by atoms with E-state index in [0.29, 0.717) is 5.56 Å². The quantitative estimate of drug-likeness (QED) is 0.516. The van der Waals surface area contributed by atoms with E-state index in [-0.39, 0.29) is 35.9 Å². The van der Waals surface area contributed by atoms with E-state index < -0.39 is 23.0 Å². The maximum atomic E-state index is 13.6. The maximum Gasteiger partial charge on any atom is 0.407 e. The molecule has 0 aliphatic rings. The monoisotopic (exact) mass is 426 g/mol. The normalized spacial score (nSPS) is 11.1. The second kappa shape index (κ2) is 8.88. The minimum Gasteiger partial charge on any atom is -0.486 e. The van der Waals surface area contributed by atoms with E-state index in [9.17, 15) is 22.8 Å². The van der Waals surface area contributed by atoms with E-state index in [1.54, 1.807) is 42.5 Å². The van der Waals surface area contributed by atoms with Gasteiger partial charge in [-0.25, -0.2) is 4.85 Å². The Balaban J connectivity index is 2.23. The lowest BCUT2D eigenvalue weighted by atomic mass is 10.1. The highest BCUT2D eigenvalue weighted by molar-refractivity contribution is 5.77. The lowest BCUT2D eigenvalue weighted by Crippen LogP contribution is -2.25. The SMILES string of the molecule is [C-]#[N+]c1c(C(F)(F)F)cc(-c2cccc(OCC(C)=O)c2)n(Cc2ccccc2)c1=O. The molecule has 0 atom stereocenters. The fourth-order valence-electron chi connectivity index (χ4n) is 3.05. The largest absolute Gasteiger partial charge is 0.486 e. The zero-order valence-corrected chi connectivity index (χ0v) is 16.4. The van der Waals surface area contributed by atoms with Crippen LogP contribution in [-0.4, -0.2) is 17.0 Å². The van der Waals surface area contributed by atoms with E-state index in [1.807, 2.05) is 0 Å². The first-order valence-corrected chi connectivity index (χ1v) is 9.20. The van der Waals surface area contributed by atoms with Crippen LogP contribution in [0.2, 0.25) is 0 Å². The average Bonchev–Trinajstić information content (AvgIpc) is 2.73. The van der Waals surface area contributed by atoms with Crippen LogP contribution in [-0.2, 0) is 17.5 Å². The minimum absolute atomic E-state index is 0.0122. The molecule has 1 heterocycles. The summed E-state index contributed by atoms with van der Waals surface area (Å²) in [5.74, 6) is 0.0568. The number of Topliss-reactive ketones (excluding diaryl/α,β-unsaturated/α-hetero) is 1. The molecule has 8 heteroatoms. The van der Waals surface area contributed by atoms with Gasteiger partial charge in [-0.15, -0.1) is 0 Å². The van der Waals surface area contributed by atoms with E-state index in [4.69, 9.17) is 11.3 Å². The summed E-state index contributed by atoms with van der Waals surface area (Å²) in [6.07, 6.45) is -4.87. The number of aromatic nitrogens is 1. The number of hydrogen-bond donors (Lipinski definition) is 0. The van der Waals surface area contributed by atoms with Gasteiger partial charge in [-0.2, -0.15) is 13.2 Å². The molecule has 5 nitrogen and oxygen atoms in total. The molecular formula is C23H17F3N2O3. The molecule has 3 aromatic rings. The van der Waals surface area contributed by atoms with Gasteiger partial charge in [-0.3, -0.25) is 9.59 Å². The molecule has 31 heavy (non-hydrogen) atoms. The van der Waals surface area contributed by atoms with Gasteiger partial charge in [-0.05, 0) is 30.7 Å². The van der Waals surface area contributed by atoms with Crippen LogP contribution in [0.15, 0.2) is 65.5 Å². The third kappa shape index (κ3) is 5.01. The summed E-state index contributed by atoms with van der Waals surface area (Å²) in [5, 5.41) is 0. The maximum absolute atomic E-state index is 13.6. The Kier molecular flexibility index (Phi) is 6.25. The van der Waals surface area contributed by atoms with E-state index in [1.165, 1.54) is 19.1 Å². The van der Waals surface area contributed by atoms with Gasteiger partial charge in [0.1, 0.15) is 12.4 Å². The molecule has 0 N–H and O–H groups in total.